The zero-order chi connectivity index (χ0) is 15.0. The first-order valence-electron chi connectivity index (χ1n) is 6.91. The molecular formula is C17H26NO2+. The Morgan fingerprint density at radius 2 is 1.95 bits per heavy atom. The van der Waals surface area contributed by atoms with Crippen LogP contribution >= 0.6 is 0 Å². The van der Waals surface area contributed by atoms with Crippen LogP contribution in [-0.2, 0) is 6.42 Å². The van der Waals surface area contributed by atoms with Crippen LogP contribution < -0.4 is 4.74 Å². The summed E-state index contributed by atoms with van der Waals surface area (Å²) in [4.78, 5) is 0. The lowest BCUT2D eigenvalue weighted by molar-refractivity contribution is -0.887. The van der Waals surface area contributed by atoms with Crippen molar-refractivity contribution < 1.29 is 14.3 Å². The number of aliphatic hydroxyl groups excluding tert-OH is 1. The molecule has 0 aliphatic heterocycles. The molecule has 0 aliphatic rings. The second kappa shape index (κ2) is 7.88. The fraction of sp³-hybridized carbons (Fsp3) is 0.412. The van der Waals surface area contributed by atoms with Gasteiger partial charge in [-0.1, -0.05) is 30.9 Å². The zero-order valence-electron chi connectivity index (χ0n) is 12.6. The number of hydrogen-bond donors (Lipinski definition) is 1. The Labute approximate surface area is 122 Å². The van der Waals surface area contributed by atoms with Crippen LogP contribution in [0.4, 0.5) is 0 Å². The van der Waals surface area contributed by atoms with Gasteiger partial charge in [-0.3, -0.25) is 0 Å². The highest BCUT2D eigenvalue weighted by Gasteiger charge is 2.19. The Morgan fingerprint density at radius 1 is 1.25 bits per heavy atom. The summed E-state index contributed by atoms with van der Waals surface area (Å²) in [6, 6.07) is 7.86. The first kappa shape index (κ1) is 16.5. The predicted octanol–water partition coefficient (Wildman–Crippen LogP) is 2.42. The average molecular weight is 276 g/mol. The van der Waals surface area contributed by atoms with E-state index >= 15 is 0 Å². The van der Waals surface area contributed by atoms with E-state index in [1.165, 1.54) is 0 Å². The van der Waals surface area contributed by atoms with E-state index in [-0.39, 0.29) is 0 Å². The summed E-state index contributed by atoms with van der Waals surface area (Å²) in [6.07, 6.45) is 3.99. The van der Waals surface area contributed by atoms with Gasteiger partial charge in [0.15, 0.2) is 0 Å². The van der Waals surface area contributed by atoms with Crippen molar-refractivity contribution in [1.82, 2.24) is 0 Å². The third-order valence-corrected chi connectivity index (χ3v) is 3.10. The van der Waals surface area contributed by atoms with Gasteiger partial charge in [0.1, 0.15) is 25.0 Å². The van der Waals surface area contributed by atoms with Crippen molar-refractivity contribution in [2.75, 3.05) is 33.8 Å². The van der Waals surface area contributed by atoms with Crippen molar-refractivity contribution in [3.05, 3.63) is 55.1 Å². The van der Waals surface area contributed by atoms with Crippen LogP contribution in [0.3, 0.4) is 0 Å². The summed E-state index contributed by atoms with van der Waals surface area (Å²) in [7, 11) is 4.13. The van der Waals surface area contributed by atoms with Gasteiger partial charge in [-0.05, 0) is 24.1 Å². The lowest BCUT2D eigenvalue weighted by Crippen LogP contribution is -2.46. The average Bonchev–Trinajstić information content (AvgIpc) is 2.37. The van der Waals surface area contributed by atoms with Crippen LogP contribution in [0, 0.1) is 0 Å². The maximum absolute atomic E-state index is 10.1. The lowest BCUT2D eigenvalue weighted by atomic mass is 10.1. The van der Waals surface area contributed by atoms with E-state index in [0.29, 0.717) is 17.6 Å². The maximum Gasteiger partial charge on any atom is 0.137 e. The highest BCUT2D eigenvalue weighted by atomic mass is 16.5. The van der Waals surface area contributed by atoms with Crippen LogP contribution in [-0.4, -0.2) is 49.5 Å². The van der Waals surface area contributed by atoms with E-state index in [4.69, 9.17) is 4.74 Å². The molecule has 0 bridgehead atoms. The molecule has 1 atom stereocenters. The van der Waals surface area contributed by atoms with Gasteiger partial charge in [0.2, 0.25) is 0 Å². The number of rotatable bonds is 9. The number of benzene rings is 1. The molecule has 1 N–H and O–H groups in total. The second-order valence-electron chi connectivity index (χ2n) is 5.65. The molecule has 1 unspecified atom stereocenters. The van der Waals surface area contributed by atoms with Gasteiger partial charge < -0.3 is 14.3 Å². The Hall–Kier alpha value is -1.58. The van der Waals surface area contributed by atoms with Crippen LogP contribution in [0.2, 0.25) is 0 Å². The molecular weight excluding hydrogens is 250 g/mol. The molecule has 0 fully saturated rings. The molecule has 0 saturated heterocycles. The molecule has 1 aromatic carbocycles. The molecule has 20 heavy (non-hydrogen) atoms. The van der Waals surface area contributed by atoms with E-state index in [1.54, 1.807) is 0 Å². The van der Waals surface area contributed by atoms with Crippen LogP contribution in [0.25, 0.3) is 0 Å². The Kier molecular flexibility index (Phi) is 6.49. The topological polar surface area (TPSA) is 29.5 Å². The Balaban J connectivity index is 2.54. The molecule has 0 saturated carbocycles. The quantitative estimate of drug-likeness (QED) is 0.554. The van der Waals surface area contributed by atoms with E-state index in [2.05, 4.69) is 27.3 Å². The zero-order valence-corrected chi connectivity index (χ0v) is 12.6. The van der Waals surface area contributed by atoms with Crippen molar-refractivity contribution >= 4 is 0 Å². The normalized spacial score (nSPS) is 12.8. The van der Waals surface area contributed by atoms with Gasteiger partial charge in [-0.15, -0.1) is 6.58 Å². The second-order valence-corrected chi connectivity index (χ2v) is 5.65. The summed E-state index contributed by atoms with van der Waals surface area (Å²) in [5.74, 6) is 0.820. The largest absolute Gasteiger partial charge is 0.490 e. The van der Waals surface area contributed by atoms with Gasteiger partial charge in [0.05, 0.1) is 20.6 Å². The van der Waals surface area contributed by atoms with E-state index in [9.17, 15) is 5.11 Å². The molecule has 3 nitrogen and oxygen atoms in total. The van der Waals surface area contributed by atoms with Crippen molar-refractivity contribution in [1.29, 1.82) is 0 Å². The summed E-state index contributed by atoms with van der Waals surface area (Å²) in [5.41, 5.74) is 1.09. The first-order chi connectivity index (χ1) is 9.48. The number of ether oxygens (including phenoxy) is 1. The molecule has 1 rings (SSSR count). The number of hydrogen-bond acceptors (Lipinski definition) is 2. The number of para-hydroxylation sites is 1. The summed E-state index contributed by atoms with van der Waals surface area (Å²) in [5, 5.41) is 10.1. The van der Waals surface area contributed by atoms with Crippen molar-refractivity contribution in [2.24, 2.45) is 0 Å². The van der Waals surface area contributed by atoms with Crippen LogP contribution in [0.5, 0.6) is 5.75 Å². The molecule has 0 aliphatic carbocycles. The highest BCUT2D eigenvalue weighted by molar-refractivity contribution is 5.34. The molecule has 0 spiro atoms. The predicted molar refractivity (Wildman–Crippen MR) is 83.9 cm³/mol. The first-order valence-corrected chi connectivity index (χ1v) is 6.91. The van der Waals surface area contributed by atoms with E-state index < -0.39 is 6.10 Å². The fourth-order valence-corrected chi connectivity index (χ4v) is 2.20. The highest BCUT2D eigenvalue weighted by Crippen LogP contribution is 2.19. The minimum absolute atomic E-state index is 0.299. The Morgan fingerprint density at radius 3 is 2.60 bits per heavy atom. The van der Waals surface area contributed by atoms with Crippen LogP contribution in [0.15, 0.2) is 49.6 Å². The number of likely N-dealkylation sites (N-methyl/N-ethyl adjacent to an activating group) is 1. The summed E-state index contributed by atoms with van der Waals surface area (Å²) >= 11 is 0. The van der Waals surface area contributed by atoms with Crippen molar-refractivity contribution in [3.63, 3.8) is 0 Å². The number of quaternary nitrogens is 1. The summed E-state index contributed by atoms with van der Waals surface area (Å²) in [6.45, 7) is 9.24. The smallest absolute Gasteiger partial charge is 0.137 e. The van der Waals surface area contributed by atoms with Gasteiger partial charge in [0.25, 0.3) is 0 Å². The van der Waals surface area contributed by atoms with Crippen molar-refractivity contribution in [2.45, 2.75) is 12.5 Å². The standard InChI is InChI=1S/C17H26NO2/c1-5-9-15-10-7-8-11-17(15)20-14-16(19)13-18(3,4)12-6-2/h5-8,10-11,16,19H,1-2,9,12-14H2,3-4H3/q+1. The third-order valence-electron chi connectivity index (χ3n) is 3.10. The van der Waals surface area contributed by atoms with E-state index in [1.807, 2.05) is 36.4 Å². The van der Waals surface area contributed by atoms with Crippen LogP contribution in [0.1, 0.15) is 5.56 Å². The minimum Gasteiger partial charge on any atom is -0.490 e. The van der Waals surface area contributed by atoms with Gasteiger partial charge >= 0.3 is 0 Å². The maximum atomic E-state index is 10.1. The van der Waals surface area contributed by atoms with Gasteiger partial charge in [-0.25, -0.2) is 0 Å². The molecule has 0 aromatic heterocycles. The van der Waals surface area contributed by atoms with E-state index in [0.717, 1.165) is 24.3 Å². The monoisotopic (exact) mass is 276 g/mol. The molecule has 0 heterocycles. The van der Waals surface area contributed by atoms with Gasteiger partial charge in [0, 0.05) is 0 Å². The van der Waals surface area contributed by atoms with Crippen molar-refractivity contribution in [3.8, 4) is 5.75 Å². The fourth-order valence-electron chi connectivity index (χ4n) is 2.20. The number of nitrogens with zero attached hydrogens (tertiary/aromatic N) is 1. The summed E-state index contributed by atoms with van der Waals surface area (Å²) < 4.78 is 6.44. The molecule has 3 heteroatoms. The molecule has 0 amide bonds. The number of allylic oxidation sites excluding steroid dienone is 1. The Bertz CT molecular complexity index is 440. The molecule has 110 valence electrons. The van der Waals surface area contributed by atoms with Gasteiger partial charge in [-0.2, -0.15) is 0 Å². The SMILES string of the molecule is C=CCc1ccccc1OCC(O)C[N+](C)(C)CC=C. The number of aliphatic hydroxyl groups is 1. The lowest BCUT2D eigenvalue weighted by Gasteiger charge is -2.30. The molecule has 0 radical (unpaired) electrons. The third kappa shape index (κ3) is 5.59. The molecule has 1 aromatic rings. The minimum atomic E-state index is -0.498.